The molecule has 0 unspecified atom stereocenters. The van der Waals surface area contributed by atoms with Gasteiger partial charge in [0.25, 0.3) is 0 Å². The summed E-state index contributed by atoms with van der Waals surface area (Å²) in [4.78, 5) is 15.8. The van der Waals surface area contributed by atoms with E-state index in [1.54, 1.807) is 19.2 Å². The van der Waals surface area contributed by atoms with E-state index < -0.39 is 5.97 Å². The van der Waals surface area contributed by atoms with Gasteiger partial charge in [-0.3, -0.25) is 4.79 Å². The van der Waals surface area contributed by atoms with E-state index >= 15 is 0 Å². The van der Waals surface area contributed by atoms with Crippen LogP contribution < -0.4 is 10.6 Å². The summed E-state index contributed by atoms with van der Waals surface area (Å²) < 4.78 is 0. The lowest BCUT2D eigenvalue weighted by Gasteiger charge is -2.17. The van der Waals surface area contributed by atoms with Crippen LogP contribution in [0.2, 0.25) is 5.15 Å². The molecular weight excluding hydrogens is 206 g/mol. The highest BCUT2D eigenvalue weighted by Crippen LogP contribution is 2.21. The van der Waals surface area contributed by atoms with Crippen LogP contribution in [-0.2, 0) is 4.79 Å². The van der Waals surface area contributed by atoms with Gasteiger partial charge in [0, 0.05) is 7.05 Å². The lowest BCUT2D eigenvalue weighted by Crippen LogP contribution is -2.26. The summed E-state index contributed by atoms with van der Waals surface area (Å²) in [5.74, 6) is -0.575. The normalized spacial score (nSPS) is 9.86. The van der Waals surface area contributed by atoms with E-state index in [4.69, 9.17) is 22.4 Å². The molecule has 0 amide bonds. The largest absolute Gasteiger partial charge is 0.480 e. The smallest absolute Gasteiger partial charge is 0.323 e. The molecule has 3 N–H and O–H groups in total. The molecule has 0 saturated carbocycles. The first-order valence-corrected chi connectivity index (χ1v) is 4.23. The number of likely N-dealkylation sites (N-methyl/N-ethyl adjacent to an activating group) is 1. The molecule has 0 aliphatic rings. The number of aromatic nitrogens is 1. The van der Waals surface area contributed by atoms with E-state index in [1.165, 1.54) is 4.90 Å². The zero-order valence-electron chi connectivity index (χ0n) is 7.57. The number of anilines is 2. The zero-order chi connectivity index (χ0) is 10.7. The number of carboxylic acids is 1. The van der Waals surface area contributed by atoms with Crippen molar-refractivity contribution in [2.45, 2.75) is 0 Å². The van der Waals surface area contributed by atoms with Gasteiger partial charge in [-0.05, 0) is 12.1 Å². The molecule has 0 radical (unpaired) electrons. The first kappa shape index (κ1) is 10.6. The summed E-state index contributed by atoms with van der Waals surface area (Å²) in [6.45, 7) is -0.169. The quantitative estimate of drug-likeness (QED) is 0.731. The van der Waals surface area contributed by atoms with Crippen molar-refractivity contribution in [2.24, 2.45) is 0 Å². The molecule has 1 rings (SSSR count). The topological polar surface area (TPSA) is 79.5 Å². The van der Waals surface area contributed by atoms with Gasteiger partial charge in [0.1, 0.15) is 11.7 Å². The Bertz CT molecular complexity index is 356. The predicted molar refractivity (Wildman–Crippen MR) is 54.6 cm³/mol. The van der Waals surface area contributed by atoms with Crippen LogP contribution in [0.1, 0.15) is 0 Å². The number of hydrogen-bond donors (Lipinski definition) is 2. The fourth-order valence-electron chi connectivity index (χ4n) is 1.02. The molecule has 0 atom stereocenters. The summed E-state index contributed by atoms with van der Waals surface area (Å²) in [6.07, 6.45) is 0. The fourth-order valence-corrected chi connectivity index (χ4v) is 1.16. The SMILES string of the molecule is CN(CC(=O)O)c1nc(Cl)ccc1N. The minimum Gasteiger partial charge on any atom is -0.480 e. The third kappa shape index (κ3) is 2.50. The Kier molecular flexibility index (Phi) is 3.14. The number of nitrogens with zero attached hydrogens (tertiary/aromatic N) is 2. The Balaban J connectivity index is 2.93. The van der Waals surface area contributed by atoms with E-state index in [1.807, 2.05) is 0 Å². The molecule has 6 heteroatoms. The van der Waals surface area contributed by atoms with Gasteiger partial charge in [-0.25, -0.2) is 4.98 Å². The third-order valence-corrected chi connectivity index (χ3v) is 1.82. The summed E-state index contributed by atoms with van der Waals surface area (Å²) in [7, 11) is 1.59. The molecule has 14 heavy (non-hydrogen) atoms. The van der Waals surface area contributed by atoms with Gasteiger partial charge in [-0.15, -0.1) is 0 Å². The van der Waals surface area contributed by atoms with Crippen molar-refractivity contribution < 1.29 is 9.90 Å². The number of halogens is 1. The van der Waals surface area contributed by atoms with Crippen molar-refractivity contribution in [3.05, 3.63) is 17.3 Å². The van der Waals surface area contributed by atoms with E-state index in [9.17, 15) is 4.79 Å². The Morgan fingerprint density at radius 3 is 2.93 bits per heavy atom. The van der Waals surface area contributed by atoms with E-state index in [2.05, 4.69) is 4.98 Å². The second kappa shape index (κ2) is 4.15. The van der Waals surface area contributed by atoms with Crippen molar-refractivity contribution >= 4 is 29.1 Å². The van der Waals surface area contributed by atoms with E-state index in [-0.39, 0.29) is 11.7 Å². The molecule has 1 heterocycles. The average Bonchev–Trinajstić information content (AvgIpc) is 2.08. The van der Waals surface area contributed by atoms with Gasteiger partial charge in [0.05, 0.1) is 5.69 Å². The summed E-state index contributed by atoms with van der Waals surface area (Å²) >= 11 is 5.66. The van der Waals surface area contributed by atoms with Crippen LogP contribution >= 0.6 is 11.6 Å². The van der Waals surface area contributed by atoms with Crippen LogP contribution in [0.4, 0.5) is 11.5 Å². The summed E-state index contributed by atoms with van der Waals surface area (Å²) in [5, 5.41) is 8.85. The molecule has 0 spiro atoms. The van der Waals surface area contributed by atoms with Gasteiger partial charge in [-0.2, -0.15) is 0 Å². The molecule has 1 aromatic heterocycles. The molecule has 0 aliphatic heterocycles. The van der Waals surface area contributed by atoms with Gasteiger partial charge < -0.3 is 15.7 Å². The maximum absolute atomic E-state index is 10.4. The minimum absolute atomic E-state index is 0.169. The van der Waals surface area contributed by atoms with Crippen molar-refractivity contribution in [1.82, 2.24) is 4.98 Å². The van der Waals surface area contributed by atoms with Gasteiger partial charge in [0.2, 0.25) is 0 Å². The molecule has 76 valence electrons. The molecule has 0 aliphatic carbocycles. The molecular formula is C8H10ClN3O2. The standard InChI is InChI=1S/C8H10ClN3O2/c1-12(4-7(13)14)8-5(10)2-3-6(9)11-8/h2-3H,4,10H2,1H3,(H,13,14). The summed E-state index contributed by atoms with van der Waals surface area (Å²) in [5.41, 5.74) is 6.01. The third-order valence-electron chi connectivity index (χ3n) is 1.61. The number of pyridine rings is 1. The van der Waals surface area contributed by atoms with Crippen molar-refractivity contribution in [3.63, 3.8) is 0 Å². The minimum atomic E-state index is -0.950. The molecule has 0 saturated heterocycles. The summed E-state index contributed by atoms with van der Waals surface area (Å²) in [6, 6.07) is 3.14. The number of nitrogen functional groups attached to an aromatic ring is 1. The van der Waals surface area contributed by atoms with Gasteiger partial charge >= 0.3 is 5.97 Å². The van der Waals surface area contributed by atoms with Crippen LogP contribution in [0.5, 0.6) is 0 Å². The fraction of sp³-hybridized carbons (Fsp3) is 0.250. The second-order valence-corrected chi connectivity index (χ2v) is 3.18. The number of carboxylic acid groups (broad SMARTS) is 1. The average molecular weight is 216 g/mol. The molecule has 1 aromatic rings. The number of nitrogens with two attached hydrogens (primary N) is 1. The maximum Gasteiger partial charge on any atom is 0.323 e. The number of carbonyl (C=O) groups is 1. The van der Waals surface area contributed by atoms with Crippen molar-refractivity contribution in [2.75, 3.05) is 24.2 Å². The van der Waals surface area contributed by atoms with Crippen LogP contribution in [0.3, 0.4) is 0 Å². The highest BCUT2D eigenvalue weighted by molar-refractivity contribution is 6.29. The zero-order valence-corrected chi connectivity index (χ0v) is 8.32. The maximum atomic E-state index is 10.4. The van der Waals surface area contributed by atoms with E-state index in [0.29, 0.717) is 11.5 Å². The lowest BCUT2D eigenvalue weighted by molar-refractivity contribution is -0.135. The Labute approximate surface area is 86.1 Å². The predicted octanol–water partition coefficient (Wildman–Crippen LogP) is 0.838. The molecule has 5 nitrogen and oxygen atoms in total. The number of rotatable bonds is 3. The molecule has 0 bridgehead atoms. The highest BCUT2D eigenvalue weighted by Gasteiger charge is 2.10. The molecule has 0 fully saturated rings. The van der Waals surface area contributed by atoms with E-state index in [0.717, 1.165) is 0 Å². The van der Waals surface area contributed by atoms with Crippen molar-refractivity contribution in [3.8, 4) is 0 Å². The lowest BCUT2D eigenvalue weighted by atomic mass is 10.3. The molecule has 0 aromatic carbocycles. The second-order valence-electron chi connectivity index (χ2n) is 2.80. The first-order valence-electron chi connectivity index (χ1n) is 3.85. The monoisotopic (exact) mass is 215 g/mol. The number of hydrogen-bond acceptors (Lipinski definition) is 4. The van der Waals surface area contributed by atoms with Gasteiger partial charge in [-0.1, -0.05) is 11.6 Å². The number of aliphatic carboxylic acids is 1. The Hall–Kier alpha value is -1.49. The van der Waals surface area contributed by atoms with Crippen LogP contribution in [0.15, 0.2) is 12.1 Å². The Morgan fingerprint density at radius 2 is 2.36 bits per heavy atom. The van der Waals surface area contributed by atoms with Crippen molar-refractivity contribution in [1.29, 1.82) is 0 Å². The van der Waals surface area contributed by atoms with Crippen LogP contribution in [-0.4, -0.2) is 29.7 Å². The highest BCUT2D eigenvalue weighted by atomic mass is 35.5. The van der Waals surface area contributed by atoms with Crippen LogP contribution in [0.25, 0.3) is 0 Å². The van der Waals surface area contributed by atoms with Gasteiger partial charge in [0.15, 0.2) is 5.82 Å². The van der Waals surface area contributed by atoms with Crippen LogP contribution in [0, 0.1) is 0 Å². The Morgan fingerprint density at radius 1 is 1.71 bits per heavy atom. The first-order chi connectivity index (χ1) is 6.50.